The van der Waals surface area contributed by atoms with Gasteiger partial charge in [-0.05, 0) is 30.3 Å². The molecule has 0 fully saturated rings. The number of ether oxygens (including phenoxy) is 1. The normalized spacial score (nSPS) is 10.7. The van der Waals surface area contributed by atoms with Crippen LogP contribution in [0.4, 0.5) is 14.5 Å². The molecule has 4 nitrogen and oxygen atoms in total. The molecule has 3 aromatic rings. The molecule has 22 heavy (non-hydrogen) atoms. The number of H-pyrrole nitrogens is 1. The van der Waals surface area contributed by atoms with Crippen LogP contribution in [0.15, 0.2) is 42.5 Å². The number of aromatic nitrogens is 1. The molecule has 0 bridgehead atoms. The number of benzene rings is 2. The summed E-state index contributed by atoms with van der Waals surface area (Å²) in [4.78, 5) is 15.1. The largest absolute Gasteiger partial charge is 0.497 e. The van der Waals surface area contributed by atoms with Gasteiger partial charge in [0.2, 0.25) is 0 Å². The highest BCUT2D eigenvalue weighted by Gasteiger charge is 2.11. The van der Waals surface area contributed by atoms with Gasteiger partial charge in [-0.3, -0.25) is 4.79 Å². The Morgan fingerprint density at radius 1 is 1.09 bits per heavy atom. The van der Waals surface area contributed by atoms with Gasteiger partial charge in [0.05, 0.1) is 7.11 Å². The van der Waals surface area contributed by atoms with Crippen molar-refractivity contribution in [1.29, 1.82) is 0 Å². The predicted molar refractivity (Wildman–Crippen MR) is 79.2 cm³/mol. The number of halogens is 2. The van der Waals surface area contributed by atoms with Crippen molar-refractivity contribution in [2.75, 3.05) is 12.4 Å². The van der Waals surface area contributed by atoms with Crippen LogP contribution in [0.3, 0.4) is 0 Å². The maximum absolute atomic E-state index is 13.1. The van der Waals surface area contributed by atoms with Crippen LogP contribution < -0.4 is 10.1 Å². The highest BCUT2D eigenvalue weighted by Crippen LogP contribution is 2.22. The first kappa shape index (κ1) is 14.1. The highest BCUT2D eigenvalue weighted by atomic mass is 19.2. The lowest BCUT2D eigenvalue weighted by atomic mass is 10.2. The molecule has 1 aromatic heterocycles. The Hall–Kier alpha value is -2.89. The summed E-state index contributed by atoms with van der Waals surface area (Å²) in [7, 11) is 1.56. The van der Waals surface area contributed by atoms with Gasteiger partial charge in [0.15, 0.2) is 11.6 Å². The Balaban J connectivity index is 1.86. The van der Waals surface area contributed by atoms with E-state index in [0.717, 1.165) is 23.0 Å². The van der Waals surface area contributed by atoms with Gasteiger partial charge in [-0.1, -0.05) is 0 Å². The minimum Gasteiger partial charge on any atom is -0.497 e. The molecule has 0 atom stereocenters. The number of amides is 1. The Kier molecular flexibility index (Phi) is 3.50. The molecule has 0 unspecified atom stereocenters. The van der Waals surface area contributed by atoms with Gasteiger partial charge in [0, 0.05) is 28.7 Å². The maximum atomic E-state index is 13.1. The number of methoxy groups -OCH3 is 1. The Bertz CT molecular complexity index is 858. The van der Waals surface area contributed by atoms with Crippen molar-refractivity contribution in [3.63, 3.8) is 0 Å². The minimum atomic E-state index is -1.01. The van der Waals surface area contributed by atoms with Crippen LogP contribution in [-0.2, 0) is 0 Å². The lowest BCUT2D eigenvalue weighted by molar-refractivity contribution is 0.102. The zero-order chi connectivity index (χ0) is 15.7. The summed E-state index contributed by atoms with van der Waals surface area (Å²) in [5, 5.41) is 3.35. The van der Waals surface area contributed by atoms with Crippen molar-refractivity contribution < 1.29 is 18.3 Å². The molecule has 0 saturated heterocycles. The number of aromatic amines is 1. The van der Waals surface area contributed by atoms with E-state index in [4.69, 9.17) is 4.74 Å². The van der Waals surface area contributed by atoms with Crippen molar-refractivity contribution >= 4 is 22.5 Å². The van der Waals surface area contributed by atoms with Crippen LogP contribution in [0.25, 0.3) is 10.9 Å². The monoisotopic (exact) mass is 302 g/mol. The van der Waals surface area contributed by atoms with Gasteiger partial charge in [-0.25, -0.2) is 8.78 Å². The molecule has 0 radical (unpaired) electrons. The molecule has 0 aliphatic carbocycles. The summed E-state index contributed by atoms with van der Waals surface area (Å²) >= 11 is 0. The molecule has 2 aromatic carbocycles. The molecule has 1 heterocycles. The average molecular weight is 302 g/mol. The lowest BCUT2D eigenvalue weighted by Crippen LogP contribution is -2.12. The predicted octanol–water partition coefficient (Wildman–Crippen LogP) is 3.71. The Morgan fingerprint density at radius 2 is 1.91 bits per heavy atom. The quantitative estimate of drug-likeness (QED) is 0.775. The fourth-order valence-corrected chi connectivity index (χ4v) is 2.13. The van der Waals surface area contributed by atoms with E-state index in [-0.39, 0.29) is 5.69 Å². The third-order valence-electron chi connectivity index (χ3n) is 3.25. The van der Waals surface area contributed by atoms with Gasteiger partial charge < -0.3 is 15.0 Å². The summed E-state index contributed by atoms with van der Waals surface area (Å²) in [6.07, 6.45) is 0. The standard InChI is InChI=1S/C16H12F2N2O2/c1-22-11-4-2-9-6-15(20-14(9)8-11)16(21)19-10-3-5-12(17)13(18)7-10/h2-8,20H,1H3,(H,19,21). The molecule has 0 aliphatic heterocycles. The van der Waals surface area contributed by atoms with Crippen LogP contribution in [0, 0.1) is 11.6 Å². The molecule has 2 N–H and O–H groups in total. The van der Waals surface area contributed by atoms with E-state index in [1.165, 1.54) is 6.07 Å². The zero-order valence-corrected chi connectivity index (χ0v) is 11.6. The number of carbonyl (C=O) groups excluding carboxylic acids is 1. The first-order valence-electron chi connectivity index (χ1n) is 6.50. The van der Waals surface area contributed by atoms with E-state index in [1.807, 2.05) is 6.07 Å². The molecular weight excluding hydrogens is 290 g/mol. The van der Waals surface area contributed by atoms with Crippen molar-refractivity contribution in [2.45, 2.75) is 0 Å². The van der Waals surface area contributed by atoms with E-state index in [0.29, 0.717) is 11.4 Å². The van der Waals surface area contributed by atoms with E-state index in [9.17, 15) is 13.6 Å². The van der Waals surface area contributed by atoms with Crippen molar-refractivity contribution in [1.82, 2.24) is 4.98 Å². The van der Waals surface area contributed by atoms with Gasteiger partial charge in [-0.15, -0.1) is 0 Å². The minimum absolute atomic E-state index is 0.181. The second-order valence-electron chi connectivity index (χ2n) is 4.72. The molecule has 6 heteroatoms. The first-order valence-corrected chi connectivity index (χ1v) is 6.50. The smallest absolute Gasteiger partial charge is 0.272 e. The molecule has 0 aliphatic rings. The highest BCUT2D eigenvalue weighted by molar-refractivity contribution is 6.06. The van der Waals surface area contributed by atoms with Crippen LogP contribution in [0.2, 0.25) is 0 Å². The molecule has 112 valence electrons. The first-order chi connectivity index (χ1) is 10.6. The van der Waals surface area contributed by atoms with Gasteiger partial charge >= 0.3 is 0 Å². The molecule has 0 saturated carbocycles. The van der Waals surface area contributed by atoms with Crippen molar-refractivity contribution in [3.05, 3.63) is 59.8 Å². The number of anilines is 1. The second-order valence-corrected chi connectivity index (χ2v) is 4.72. The number of carbonyl (C=O) groups is 1. The van der Waals surface area contributed by atoms with Crippen LogP contribution in [0.5, 0.6) is 5.75 Å². The summed E-state index contributed by atoms with van der Waals surface area (Å²) in [6, 6.07) is 10.2. The number of fused-ring (bicyclic) bond motifs is 1. The number of rotatable bonds is 3. The fraction of sp³-hybridized carbons (Fsp3) is 0.0625. The second kappa shape index (κ2) is 5.48. The van der Waals surface area contributed by atoms with E-state index < -0.39 is 17.5 Å². The van der Waals surface area contributed by atoms with E-state index in [2.05, 4.69) is 10.3 Å². The maximum Gasteiger partial charge on any atom is 0.272 e. The summed E-state index contributed by atoms with van der Waals surface area (Å²) in [6.45, 7) is 0. The SMILES string of the molecule is COc1ccc2cc(C(=O)Nc3ccc(F)c(F)c3)[nH]c2c1. The third kappa shape index (κ3) is 2.63. The van der Waals surface area contributed by atoms with E-state index >= 15 is 0 Å². The number of hydrogen-bond acceptors (Lipinski definition) is 2. The Morgan fingerprint density at radius 3 is 2.64 bits per heavy atom. The van der Waals surface area contributed by atoms with Crippen LogP contribution in [-0.4, -0.2) is 18.0 Å². The number of nitrogens with one attached hydrogen (secondary N) is 2. The zero-order valence-electron chi connectivity index (χ0n) is 11.6. The summed E-state index contributed by atoms with van der Waals surface area (Å²) < 4.78 is 31.1. The summed E-state index contributed by atoms with van der Waals surface area (Å²) in [5.41, 5.74) is 1.24. The van der Waals surface area contributed by atoms with Gasteiger partial charge in [0.25, 0.3) is 5.91 Å². The van der Waals surface area contributed by atoms with Crippen molar-refractivity contribution in [3.8, 4) is 5.75 Å². The lowest BCUT2D eigenvalue weighted by Gasteiger charge is -2.04. The fourth-order valence-electron chi connectivity index (χ4n) is 2.13. The molecule has 3 rings (SSSR count). The van der Waals surface area contributed by atoms with Gasteiger partial charge in [-0.2, -0.15) is 0 Å². The van der Waals surface area contributed by atoms with Crippen molar-refractivity contribution in [2.24, 2.45) is 0 Å². The summed E-state index contributed by atoms with van der Waals surface area (Å²) in [5.74, 6) is -1.75. The average Bonchev–Trinajstić information content (AvgIpc) is 2.94. The van der Waals surface area contributed by atoms with Crippen LogP contribution >= 0.6 is 0 Å². The third-order valence-corrected chi connectivity index (χ3v) is 3.25. The molecular formula is C16H12F2N2O2. The van der Waals surface area contributed by atoms with E-state index in [1.54, 1.807) is 25.3 Å². The number of hydrogen-bond donors (Lipinski definition) is 2. The Labute approximate surface area is 124 Å². The molecule has 0 spiro atoms. The van der Waals surface area contributed by atoms with Gasteiger partial charge in [0.1, 0.15) is 11.4 Å². The van der Waals surface area contributed by atoms with Crippen LogP contribution in [0.1, 0.15) is 10.5 Å². The molecule has 1 amide bonds. The topological polar surface area (TPSA) is 54.1 Å².